The summed E-state index contributed by atoms with van der Waals surface area (Å²) in [6.07, 6.45) is -9.03. The summed E-state index contributed by atoms with van der Waals surface area (Å²) < 4.78 is 69.3. The van der Waals surface area contributed by atoms with Crippen LogP contribution >= 0.6 is 0 Å². The summed E-state index contributed by atoms with van der Waals surface area (Å²) >= 11 is 0. The summed E-state index contributed by atoms with van der Waals surface area (Å²) in [5, 5.41) is 45.3. The lowest BCUT2D eigenvalue weighted by Crippen LogP contribution is -2.40. The Balaban J connectivity index is 0.000000706. The summed E-state index contributed by atoms with van der Waals surface area (Å²) in [4.78, 5) is 75.0. The zero-order valence-corrected chi connectivity index (χ0v) is 42.2. The van der Waals surface area contributed by atoms with Gasteiger partial charge in [0.2, 0.25) is 17.4 Å². The first-order valence-corrected chi connectivity index (χ1v) is 24.3. The zero-order valence-electron chi connectivity index (χ0n) is 42.2. The third kappa shape index (κ3) is 19.1. The number of nitrogens with one attached hydrogen (secondary N) is 4. The van der Waals surface area contributed by atoms with Gasteiger partial charge in [0.1, 0.15) is 11.9 Å². The molecule has 23 heteroatoms. The van der Waals surface area contributed by atoms with Gasteiger partial charge in [0, 0.05) is 74.9 Å². The van der Waals surface area contributed by atoms with E-state index in [-0.39, 0.29) is 48.2 Å². The lowest BCUT2D eigenvalue weighted by atomic mass is 10.0. The molecule has 2 heterocycles. The van der Waals surface area contributed by atoms with Crippen LogP contribution in [0.25, 0.3) is 22.0 Å². The second kappa shape index (κ2) is 28.2. The number of hydrogen-bond acceptors (Lipinski definition) is 11. The maximum atomic E-state index is 13.2. The number of ether oxygens (including phenoxy) is 1. The highest BCUT2D eigenvalue weighted by molar-refractivity contribution is 5.93. The van der Waals surface area contributed by atoms with Crippen LogP contribution in [0.15, 0.2) is 132 Å². The number of hydrogen-bond donors (Lipinski definition) is 8. The second-order valence-electron chi connectivity index (χ2n) is 18.0. The number of aliphatic hydroxyl groups is 1. The number of para-hydroxylation sites is 1. The predicted molar refractivity (Wildman–Crippen MR) is 278 cm³/mol. The average Bonchev–Trinajstić information content (AvgIpc) is 3.43. The molecule has 1 aromatic heterocycles. The lowest BCUT2D eigenvalue weighted by Gasteiger charge is -2.31. The summed E-state index contributed by atoms with van der Waals surface area (Å²) in [5.74, 6) is -5.67. The van der Waals surface area contributed by atoms with Gasteiger partial charge in [0.15, 0.2) is 0 Å². The summed E-state index contributed by atoms with van der Waals surface area (Å²) in [6, 6.07) is 39.2. The number of fused-ring (bicyclic) bond motifs is 1. The van der Waals surface area contributed by atoms with E-state index in [4.69, 9.17) is 24.5 Å². The number of likely N-dealkylation sites (tertiary alicyclic amines) is 1. The molecule has 416 valence electrons. The Hall–Kier alpha value is -8.28. The fraction of sp³-hybridized carbons (Fsp3) is 0.309. The molecule has 0 saturated carbocycles. The summed E-state index contributed by atoms with van der Waals surface area (Å²) in [7, 11) is 1.77. The van der Waals surface area contributed by atoms with E-state index in [1.54, 1.807) is 24.1 Å². The van der Waals surface area contributed by atoms with Crippen molar-refractivity contribution in [2.75, 3.05) is 43.4 Å². The second-order valence-corrected chi connectivity index (χ2v) is 18.0. The number of carboxylic acids is 2. The van der Waals surface area contributed by atoms with Crippen molar-refractivity contribution in [2.24, 2.45) is 0 Å². The molecular formula is C55H58F6N6O11. The molecule has 0 spiro atoms. The van der Waals surface area contributed by atoms with E-state index in [0.29, 0.717) is 60.9 Å². The van der Waals surface area contributed by atoms with E-state index < -0.39 is 36.5 Å². The number of pyridine rings is 1. The molecule has 5 aromatic carbocycles. The largest absolute Gasteiger partial charge is 0.506 e. The number of piperidine rings is 1. The Bertz CT molecular complexity index is 3020. The van der Waals surface area contributed by atoms with Crippen molar-refractivity contribution in [2.45, 2.75) is 76.2 Å². The van der Waals surface area contributed by atoms with E-state index in [9.17, 15) is 55.7 Å². The number of rotatable bonds is 17. The number of aromatic amines is 1. The third-order valence-electron chi connectivity index (χ3n) is 12.2. The minimum atomic E-state index is -5.08. The van der Waals surface area contributed by atoms with Crippen molar-refractivity contribution in [1.82, 2.24) is 20.5 Å². The van der Waals surface area contributed by atoms with E-state index in [1.807, 2.05) is 110 Å². The maximum absolute atomic E-state index is 13.2. The molecule has 2 atom stereocenters. The number of halogens is 6. The Morgan fingerprint density at radius 2 is 1.40 bits per heavy atom. The van der Waals surface area contributed by atoms with Gasteiger partial charge in [-0.15, -0.1) is 0 Å². The molecular weight excluding hydrogens is 1030 g/mol. The smallest absolute Gasteiger partial charge is 0.490 e. The molecule has 0 bridgehead atoms. The van der Waals surface area contributed by atoms with Crippen LogP contribution in [0.4, 0.5) is 42.5 Å². The highest BCUT2D eigenvalue weighted by Gasteiger charge is 2.39. The standard InChI is InChI=1S/C51H56N6O7.2C2HF3O2/c1-34(52-33-46(59)42-19-21-45(58)50-43(42)20-22-47(60)55-50)29-36-9-8-10-37(30-36)31-48(61)53-32-35-15-17-39(18-16-35)56(2)49(62)25-28-57-26-23-40(24-27-57)64-51(63)54-44-14-7-6-13-41(44)38-11-4-3-5-12-38;2*3-2(4,5)1(6)7/h3-22,30,34,40,46,52,58-59H,23-29,31-33H2,1-2H3,(H,53,61)(H,54,63)(H,55,60);2*(H,6,7)/t34?,46-;;/m0../s1. The van der Waals surface area contributed by atoms with Gasteiger partial charge in [-0.25, -0.2) is 14.4 Å². The Morgan fingerprint density at radius 3 is 2.04 bits per heavy atom. The lowest BCUT2D eigenvalue weighted by molar-refractivity contribution is -0.193. The molecule has 7 rings (SSSR count). The number of aromatic hydroxyl groups is 1. The molecule has 0 aliphatic carbocycles. The molecule has 17 nitrogen and oxygen atoms in total. The number of carboxylic acid groups (broad SMARTS) is 2. The number of amides is 3. The minimum Gasteiger partial charge on any atom is -0.506 e. The van der Waals surface area contributed by atoms with Gasteiger partial charge >= 0.3 is 30.4 Å². The molecule has 78 heavy (non-hydrogen) atoms. The molecule has 1 aliphatic heterocycles. The van der Waals surface area contributed by atoms with Gasteiger partial charge in [-0.05, 0) is 84.3 Å². The first-order valence-electron chi connectivity index (χ1n) is 24.3. The molecule has 1 saturated heterocycles. The van der Waals surface area contributed by atoms with Crippen molar-refractivity contribution in [1.29, 1.82) is 0 Å². The van der Waals surface area contributed by atoms with Crippen LogP contribution < -0.4 is 26.4 Å². The number of carbonyl (C=O) groups excluding carboxylic acids is 3. The number of carbonyl (C=O) groups is 5. The van der Waals surface area contributed by atoms with Crippen LogP contribution in [0.1, 0.15) is 54.5 Å². The first kappa shape index (κ1) is 60.6. The fourth-order valence-corrected chi connectivity index (χ4v) is 8.12. The van der Waals surface area contributed by atoms with Gasteiger partial charge in [0.25, 0.3) is 0 Å². The van der Waals surface area contributed by atoms with Crippen LogP contribution in [-0.2, 0) is 43.3 Å². The molecule has 8 N–H and O–H groups in total. The van der Waals surface area contributed by atoms with Crippen molar-refractivity contribution < 1.29 is 75.5 Å². The van der Waals surface area contributed by atoms with Gasteiger partial charge in [-0.1, -0.05) is 91.0 Å². The van der Waals surface area contributed by atoms with Gasteiger partial charge in [-0.2, -0.15) is 26.3 Å². The number of alkyl halides is 6. The zero-order chi connectivity index (χ0) is 57.2. The predicted octanol–water partition coefficient (Wildman–Crippen LogP) is 8.35. The molecule has 3 amide bonds. The maximum Gasteiger partial charge on any atom is 0.490 e. The van der Waals surface area contributed by atoms with Crippen molar-refractivity contribution >= 4 is 52.1 Å². The molecule has 1 fully saturated rings. The monoisotopic (exact) mass is 1090 g/mol. The first-order chi connectivity index (χ1) is 36.9. The van der Waals surface area contributed by atoms with Crippen LogP contribution in [0.5, 0.6) is 5.75 Å². The molecule has 0 radical (unpaired) electrons. The number of phenols is 1. The Labute approximate surface area is 443 Å². The highest BCUT2D eigenvalue weighted by Crippen LogP contribution is 2.30. The summed E-state index contributed by atoms with van der Waals surface area (Å²) in [5.41, 5.74) is 6.84. The van der Waals surface area contributed by atoms with Gasteiger partial charge in [0.05, 0.1) is 23.7 Å². The SMILES string of the molecule is CC(Cc1cccc(CC(=O)NCc2ccc(N(C)C(=O)CCN3CCC(OC(=O)Nc4ccccc4-c4ccccc4)CC3)cc2)c1)NC[C@H](O)c1ccc(O)c2[nH]c(=O)ccc12.O=C(O)C(F)(F)F.O=C(O)C(F)(F)F. The summed E-state index contributed by atoms with van der Waals surface area (Å²) in [6.45, 7) is 4.73. The number of phenolic OH excluding ortho intramolecular Hbond substituents is 1. The number of aliphatic hydroxyl groups excluding tert-OH is 1. The van der Waals surface area contributed by atoms with E-state index in [0.717, 1.165) is 46.6 Å². The number of nitrogens with zero attached hydrogens (tertiary/aromatic N) is 2. The minimum absolute atomic E-state index is 0.00302. The van der Waals surface area contributed by atoms with E-state index in [1.165, 1.54) is 12.1 Å². The normalized spacial score (nSPS) is 13.6. The number of anilines is 2. The van der Waals surface area contributed by atoms with Crippen LogP contribution in [0.3, 0.4) is 0 Å². The number of aliphatic carboxylic acids is 2. The van der Waals surface area contributed by atoms with Crippen LogP contribution in [-0.4, -0.2) is 118 Å². The number of H-pyrrole nitrogens is 1. The third-order valence-corrected chi connectivity index (χ3v) is 12.2. The van der Waals surface area contributed by atoms with Crippen molar-refractivity contribution in [3.05, 3.63) is 160 Å². The topological polar surface area (TPSA) is 251 Å². The van der Waals surface area contributed by atoms with E-state index >= 15 is 0 Å². The fourth-order valence-electron chi connectivity index (χ4n) is 8.12. The van der Waals surface area contributed by atoms with Crippen LogP contribution in [0, 0.1) is 0 Å². The van der Waals surface area contributed by atoms with E-state index in [2.05, 4.69) is 25.8 Å². The Morgan fingerprint density at radius 1 is 0.782 bits per heavy atom. The van der Waals surface area contributed by atoms with Gasteiger partial charge < -0.3 is 50.6 Å². The molecule has 1 unspecified atom stereocenters. The highest BCUT2D eigenvalue weighted by atomic mass is 19.4. The van der Waals surface area contributed by atoms with Crippen LogP contribution in [0.2, 0.25) is 0 Å². The Kier molecular flexibility index (Phi) is 21.9. The van der Waals surface area contributed by atoms with Gasteiger partial charge in [-0.3, -0.25) is 19.7 Å². The van der Waals surface area contributed by atoms with Crippen molar-refractivity contribution in [3.8, 4) is 16.9 Å². The number of aromatic nitrogens is 1. The molecule has 1 aliphatic rings. The van der Waals surface area contributed by atoms with Crippen molar-refractivity contribution in [3.63, 3.8) is 0 Å². The molecule has 6 aromatic rings. The average molecular weight is 1090 g/mol. The quantitative estimate of drug-likeness (QED) is 0.0401. The number of benzene rings is 5.